The second-order valence-electron chi connectivity index (χ2n) is 5.13. The van der Waals surface area contributed by atoms with E-state index in [-0.39, 0.29) is 6.10 Å². The topological polar surface area (TPSA) is 50.7 Å². The first-order chi connectivity index (χ1) is 8.46. The number of nitrogens with one attached hydrogen (secondary N) is 1. The molecule has 0 bridgehead atoms. The Hall–Kier alpha value is -1.10. The van der Waals surface area contributed by atoms with Crippen LogP contribution in [0.5, 0.6) is 0 Å². The fourth-order valence-corrected chi connectivity index (χ4v) is 1.97. The molecule has 2 atom stereocenters. The lowest BCUT2D eigenvalue weighted by Crippen LogP contribution is -2.25. The van der Waals surface area contributed by atoms with E-state index in [0.717, 1.165) is 17.8 Å². The Kier molecular flexibility index (Phi) is 3.90. The summed E-state index contributed by atoms with van der Waals surface area (Å²) in [6, 6.07) is 7.76. The van der Waals surface area contributed by atoms with Crippen molar-refractivity contribution in [3.05, 3.63) is 29.8 Å². The van der Waals surface area contributed by atoms with Gasteiger partial charge in [-0.05, 0) is 38.5 Å². The molecule has 1 aliphatic heterocycles. The van der Waals surface area contributed by atoms with Crippen LogP contribution in [0.3, 0.4) is 0 Å². The molecule has 4 nitrogen and oxygen atoms in total. The van der Waals surface area contributed by atoms with Gasteiger partial charge in [-0.15, -0.1) is 0 Å². The first-order valence-corrected chi connectivity index (χ1v) is 6.30. The van der Waals surface area contributed by atoms with Crippen LogP contribution in [-0.2, 0) is 9.47 Å². The van der Waals surface area contributed by atoms with E-state index in [1.54, 1.807) is 6.92 Å². The van der Waals surface area contributed by atoms with Gasteiger partial charge in [0.1, 0.15) is 6.10 Å². The van der Waals surface area contributed by atoms with E-state index in [0.29, 0.717) is 6.61 Å². The average molecular weight is 251 g/mol. The standard InChI is InChI=1S/C14H21NO3/c1-10(16)11-4-6-12(7-5-11)15-8-13-9-17-14(2,3)18-13/h4-7,10,13,15-16H,8-9H2,1-3H3/t10-,13?/m1/s1. The second-order valence-corrected chi connectivity index (χ2v) is 5.13. The molecule has 1 unspecified atom stereocenters. The smallest absolute Gasteiger partial charge is 0.163 e. The van der Waals surface area contributed by atoms with Crippen LogP contribution < -0.4 is 5.32 Å². The molecule has 1 aliphatic rings. The maximum absolute atomic E-state index is 9.42. The Morgan fingerprint density at radius 1 is 1.39 bits per heavy atom. The van der Waals surface area contributed by atoms with Crippen LogP contribution in [0, 0.1) is 0 Å². The highest BCUT2D eigenvalue weighted by atomic mass is 16.7. The summed E-state index contributed by atoms with van der Waals surface area (Å²) in [5, 5.41) is 12.7. The molecule has 0 aliphatic carbocycles. The summed E-state index contributed by atoms with van der Waals surface area (Å²) >= 11 is 0. The van der Waals surface area contributed by atoms with E-state index in [2.05, 4.69) is 5.32 Å². The van der Waals surface area contributed by atoms with Gasteiger partial charge in [0.15, 0.2) is 5.79 Å². The maximum Gasteiger partial charge on any atom is 0.163 e. The van der Waals surface area contributed by atoms with Gasteiger partial charge in [-0.25, -0.2) is 0 Å². The molecule has 0 saturated carbocycles. The second kappa shape index (κ2) is 5.26. The number of benzene rings is 1. The molecule has 0 radical (unpaired) electrons. The average Bonchev–Trinajstić information content (AvgIpc) is 2.67. The van der Waals surface area contributed by atoms with Gasteiger partial charge in [-0.2, -0.15) is 0 Å². The van der Waals surface area contributed by atoms with Gasteiger partial charge in [0.2, 0.25) is 0 Å². The monoisotopic (exact) mass is 251 g/mol. The van der Waals surface area contributed by atoms with Gasteiger partial charge in [-0.1, -0.05) is 12.1 Å². The van der Waals surface area contributed by atoms with Gasteiger partial charge >= 0.3 is 0 Å². The minimum atomic E-state index is -0.470. The Bertz CT molecular complexity index is 387. The molecule has 1 saturated heterocycles. The number of hydrogen-bond donors (Lipinski definition) is 2. The van der Waals surface area contributed by atoms with Crippen molar-refractivity contribution in [3.8, 4) is 0 Å². The van der Waals surface area contributed by atoms with Crippen molar-refractivity contribution in [3.63, 3.8) is 0 Å². The largest absolute Gasteiger partial charge is 0.389 e. The Morgan fingerprint density at radius 3 is 2.56 bits per heavy atom. The number of hydrogen-bond acceptors (Lipinski definition) is 4. The maximum atomic E-state index is 9.42. The van der Waals surface area contributed by atoms with E-state index in [1.165, 1.54) is 0 Å². The van der Waals surface area contributed by atoms with Crippen LogP contribution in [0.4, 0.5) is 5.69 Å². The Labute approximate surface area is 108 Å². The predicted octanol–water partition coefficient (Wildman–Crippen LogP) is 2.30. The molecule has 18 heavy (non-hydrogen) atoms. The van der Waals surface area contributed by atoms with Gasteiger partial charge in [0.25, 0.3) is 0 Å². The summed E-state index contributed by atoms with van der Waals surface area (Å²) in [6.07, 6.45) is -0.345. The van der Waals surface area contributed by atoms with Crippen molar-refractivity contribution in [1.82, 2.24) is 0 Å². The number of rotatable bonds is 4. The normalized spacial score (nSPS) is 23.9. The van der Waals surface area contributed by atoms with E-state index in [1.807, 2.05) is 38.1 Å². The SMILES string of the molecule is C[C@@H](O)c1ccc(NCC2COC(C)(C)O2)cc1. The minimum absolute atomic E-state index is 0.0800. The van der Waals surface area contributed by atoms with Crippen LogP contribution in [0.2, 0.25) is 0 Å². The highest BCUT2D eigenvalue weighted by Gasteiger charge is 2.32. The van der Waals surface area contributed by atoms with Crippen LogP contribution in [-0.4, -0.2) is 30.1 Å². The number of aliphatic hydroxyl groups excluding tert-OH is 1. The number of ether oxygens (including phenoxy) is 2. The molecule has 0 spiro atoms. The van der Waals surface area contributed by atoms with Crippen molar-refractivity contribution < 1.29 is 14.6 Å². The van der Waals surface area contributed by atoms with Crippen molar-refractivity contribution in [2.24, 2.45) is 0 Å². The summed E-state index contributed by atoms with van der Waals surface area (Å²) in [5.74, 6) is -0.470. The summed E-state index contributed by atoms with van der Waals surface area (Å²) < 4.78 is 11.2. The van der Waals surface area contributed by atoms with Gasteiger partial charge in [-0.3, -0.25) is 0 Å². The zero-order valence-electron chi connectivity index (χ0n) is 11.1. The Balaban J connectivity index is 1.84. The molecule has 1 aromatic rings. The molecule has 0 aromatic heterocycles. The third-order valence-electron chi connectivity index (χ3n) is 2.99. The predicted molar refractivity (Wildman–Crippen MR) is 70.5 cm³/mol. The summed E-state index contributed by atoms with van der Waals surface area (Å²) in [4.78, 5) is 0. The van der Waals surface area contributed by atoms with Crippen molar-refractivity contribution in [2.45, 2.75) is 38.8 Å². The summed E-state index contributed by atoms with van der Waals surface area (Å²) in [6.45, 7) is 6.94. The van der Waals surface area contributed by atoms with E-state index in [4.69, 9.17) is 9.47 Å². The van der Waals surface area contributed by atoms with Crippen molar-refractivity contribution >= 4 is 5.69 Å². The zero-order chi connectivity index (χ0) is 13.2. The molecule has 2 rings (SSSR count). The molecule has 1 aromatic carbocycles. The molecular weight excluding hydrogens is 230 g/mol. The lowest BCUT2D eigenvalue weighted by atomic mass is 10.1. The van der Waals surface area contributed by atoms with E-state index >= 15 is 0 Å². The zero-order valence-corrected chi connectivity index (χ0v) is 11.1. The van der Waals surface area contributed by atoms with Crippen LogP contribution in [0.25, 0.3) is 0 Å². The third-order valence-corrected chi connectivity index (χ3v) is 2.99. The molecule has 1 heterocycles. The molecule has 4 heteroatoms. The highest BCUT2D eigenvalue weighted by Crippen LogP contribution is 2.22. The van der Waals surface area contributed by atoms with Crippen LogP contribution in [0.15, 0.2) is 24.3 Å². The molecule has 1 fully saturated rings. The summed E-state index contributed by atoms with van der Waals surface area (Å²) in [7, 11) is 0. The Morgan fingerprint density at radius 2 is 2.06 bits per heavy atom. The van der Waals surface area contributed by atoms with Gasteiger partial charge in [0, 0.05) is 12.2 Å². The van der Waals surface area contributed by atoms with Crippen molar-refractivity contribution in [1.29, 1.82) is 0 Å². The molecular formula is C14H21NO3. The van der Waals surface area contributed by atoms with Gasteiger partial charge in [0.05, 0.1) is 12.7 Å². The van der Waals surface area contributed by atoms with Gasteiger partial charge < -0.3 is 19.9 Å². The first-order valence-electron chi connectivity index (χ1n) is 6.30. The fourth-order valence-electron chi connectivity index (χ4n) is 1.97. The molecule has 100 valence electrons. The molecule has 2 N–H and O–H groups in total. The number of aliphatic hydroxyl groups is 1. The lowest BCUT2D eigenvalue weighted by Gasteiger charge is -2.17. The lowest BCUT2D eigenvalue weighted by molar-refractivity contribution is -0.136. The highest BCUT2D eigenvalue weighted by molar-refractivity contribution is 5.45. The van der Waals surface area contributed by atoms with E-state index < -0.39 is 11.9 Å². The van der Waals surface area contributed by atoms with Crippen molar-refractivity contribution in [2.75, 3.05) is 18.5 Å². The quantitative estimate of drug-likeness (QED) is 0.862. The first kappa shape index (κ1) is 13.3. The number of anilines is 1. The van der Waals surface area contributed by atoms with Crippen LogP contribution >= 0.6 is 0 Å². The van der Waals surface area contributed by atoms with Crippen LogP contribution in [0.1, 0.15) is 32.4 Å². The van der Waals surface area contributed by atoms with E-state index in [9.17, 15) is 5.11 Å². The minimum Gasteiger partial charge on any atom is -0.389 e. The molecule has 0 amide bonds. The third kappa shape index (κ3) is 3.45. The summed E-state index contributed by atoms with van der Waals surface area (Å²) in [5.41, 5.74) is 1.94. The fraction of sp³-hybridized carbons (Fsp3) is 0.571.